The molecule has 0 saturated carbocycles. The van der Waals surface area contributed by atoms with E-state index < -0.39 is 0 Å². The van der Waals surface area contributed by atoms with E-state index in [1.807, 2.05) is 0 Å². The van der Waals surface area contributed by atoms with Crippen LogP contribution in [0.4, 0.5) is 0 Å². The molecule has 2 nitrogen and oxygen atoms in total. The predicted molar refractivity (Wildman–Crippen MR) is 71.8 cm³/mol. The highest BCUT2D eigenvalue weighted by Crippen LogP contribution is 2.30. The van der Waals surface area contributed by atoms with E-state index >= 15 is 0 Å². The van der Waals surface area contributed by atoms with Gasteiger partial charge < -0.3 is 5.32 Å². The van der Waals surface area contributed by atoms with Gasteiger partial charge in [-0.05, 0) is 24.8 Å². The van der Waals surface area contributed by atoms with E-state index in [4.69, 9.17) is 0 Å². The lowest BCUT2D eigenvalue weighted by atomic mass is 9.93. The van der Waals surface area contributed by atoms with E-state index in [1.54, 1.807) is 0 Å². The summed E-state index contributed by atoms with van der Waals surface area (Å²) in [7, 11) is 0. The molecule has 1 heterocycles. The molecular weight excluding hydrogens is 196 g/mol. The molecule has 1 aliphatic rings. The van der Waals surface area contributed by atoms with Crippen molar-refractivity contribution >= 4 is 0 Å². The van der Waals surface area contributed by atoms with Gasteiger partial charge in [-0.25, -0.2) is 0 Å². The largest absolute Gasteiger partial charge is 0.313 e. The van der Waals surface area contributed by atoms with E-state index in [9.17, 15) is 0 Å². The Hall–Kier alpha value is -0.0800. The number of rotatable bonds is 6. The lowest BCUT2D eigenvalue weighted by molar-refractivity contribution is 0.198. The third-order valence-corrected chi connectivity index (χ3v) is 3.61. The molecule has 0 aromatic heterocycles. The Morgan fingerprint density at radius 3 is 2.44 bits per heavy atom. The second-order valence-electron chi connectivity index (χ2n) is 6.39. The van der Waals surface area contributed by atoms with Crippen molar-refractivity contribution in [3.63, 3.8) is 0 Å². The van der Waals surface area contributed by atoms with Crippen LogP contribution < -0.4 is 5.32 Å². The molecular formula is C14H30N2. The van der Waals surface area contributed by atoms with E-state index in [1.165, 1.54) is 32.4 Å². The zero-order valence-corrected chi connectivity index (χ0v) is 11.8. The van der Waals surface area contributed by atoms with Crippen LogP contribution in [-0.2, 0) is 0 Å². The van der Waals surface area contributed by atoms with Gasteiger partial charge in [0.2, 0.25) is 0 Å². The van der Waals surface area contributed by atoms with Gasteiger partial charge in [0.05, 0.1) is 0 Å². The van der Waals surface area contributed by atoms with Crippen LogP contribution in [0.1, 0.15) is 53.9 Å². The molecule has 0 aliphatic carbocycles. The third-order valence-electron chi connectivity index (χ3n) is 3.61. The van der Waals surface area contributed by atoms with Crippen LogP contribution in [0.15, 0.2) is 0 Å². The molecule has 0 radical (unpaired) electrons. The van der Waals surface area contributed by atoms with Gasteiger partial charge in [-0.1, -0.05) is 41.0 Å². The summed E-state index contributed by atoms with van der Waals surface area (Å²) < 4.78 is 0. The Kier molecular flexibility index (Phi) is 5.26. The summed E-state index contributed by atoms with van der Waals surface area (Å²) in [5, 5.41) is 3.59. The fraction of sp³-hybridized carbons (Fsp3) is 1.00. The fourth-order valence-corrected chi connectivity index (χ4v) is 2.58. The molecule has 1 unspecified atom stereocenters. The molecule has 1 rings (SSSR count). The molecule has 96 valence electrons. The number of nitrogens with one attached hydrogen (secondary N) is 1. The quantitative estimate of drug-likeness (QED) is 0.749. The summed E-state index contributed by atoms with van der Waals surface area (Å²) in [6.45, 7) is 15.3. The smallest absolute Gasteiger partial charge is 0.0220 e. The van der Waals surface area contributed by atoms with E-state index in [0.29, 0.717) is 11.5 Å². The Morgan fingerprint density at radius 1 is 1.31 bits per heavy atom. The van der Waals surface area contributed by atoms with Gasteiger partial charge in [0.25, 0.3) is 0 Å². The number of nitrogens with zero attached hydrogens (tertiary/aromatic N) is 1. The molecule has 16 heavy (non-hydrogen) atoms. The van der Waals surface area contributed by atoms with Gasteiger partial charge in [-0.2, -0.15) is 0 Å². The normalized spacial score (nSPS) is 22.9. The zero-order chi connectivity index (χ0) is 12.2. The maximum absolute atomic E-state index is 3.59. The molecule has 0 aromatic rings. The number of likely N-dealkylation sites (tertiary alicyclic amines) is 1. The molecule has 0 bridgehead atoms. The SMILES string of the molecule is CCCC(CNC(C)C)N1CCC(C)(C)C1. The highest BCUT2D eigenvalue weighted by atomic mass is 15.2. The monoisotopic (exact) mass is 226 g/mol. The van der Waals surface area contributed by atoms with Crippen molar-refractivity contribution in [1.29, 1.82) is 0 Å². The van der Waals surface area contributed by atoms with Crippen LogP contribution in [0, 0.1) is 5.41 Å². The minimum Gasteiger partial charge on any atom is -0.313 e. The predicted octanol–water partition coefficient (Wildman–Crippen LogP) is 2.89. The van der Waals surface area contributed by atoms with Crippen molar-refractivity contribution in [3.05, 3.63) is 0 Å². The second-order valence-corrected chi connectivity index (χ2v) is 6.39. The minimum atomic E-state index is 0.532. The van der Waals surface area contributed by atoms with Crippen LogP contribution >= 0.6 is 0 Å². The topological polar surface area (TPSA) is 15.3 Å². The summed E-state index contributed by atoms with van der Waals surface area (Å²) in [6.07, 6.45) is 3.98. The van der Waals surface area contributed by atoms with Crippen molar-refractivity contribution in [2.24, 2.45) is 5.41 Å². The van der Waals surface area contributed by atoms with Gasteiger partial charge in [0.1, 0.15) is 0 Å². The van der Waals surface area contributed by atoms with E-state index in [-0.39, 0.29) is 0 Å². The number of hydrogen-bond acceptors (Lipinski definition) is 2. The van der Waals surface area contributed by atoms with Crippen molar-refractivity contribution < 1.29 is 0 Å². The highest BCUT2D eigenvalue weighted by molar-refractivity contribution is 4.87. The first kappa shape index (κ1) is 14.0. The summed E-state index contributed by atoms with van der Waals surface area (Å²) in [5.74, 6) is 0. The molecule has 1 aliphatic heterocycles. The standard InChI is InChI=1S/C14H30N2/c1-6-7-13(10-15-12(2)3)16-9-8-14(4,5)11-16/h12-13,15H,6-11H2,1-5H3. The Morgan fingerprint density at radius 2 is 2.00 bits per heavy atom. The van der Waals surface area contributed by atoms with Gasteiger partial charge in [0, 0.05) is 25.2 Å². The lowest BCUT2D eigenvalue weighted by Crippen LogP contribution is -2.43. The summed E-state index contributed by atoms with van der Waals surface area (Å²) in [5.41, 5.74) is 0.532. The molecule has 0 amide bonds. The van der Waals surface area contributed by atoms with Crippen LogP contribution in [0.25, 0.3) is 0 Å². The first-order chi connectivity index (χ1) is 7.44. The minimum absolute atomic E-state index is 0.532. The van der Waals surface area contributed by atoms with Crippen LogP contribution in [-0.4, -0.2) is 36.6 Å². The first-order valence-corrected chi connectivity index (χ1v) is 6.92. The van der Waals surface area contributed by atoms with E-state index in [0.717, 1.165) is 12.6 Å². The van der Waals surface area contributed by atoms with Gasteiger partial charge in [0.15, 0.2) is 0 Å². The fourth-order valence-electron chi connectivity index (χ4n) is 2.58. The average molecular weight is 226 g/mol. The molecule has 2 heteroatoms. The summed E-state index contributed by atoms with van der Waals surface area (Å²) in [6, 6.07) is 1.35. The Balaban J connectivity index is 2.44. The zero-order valence-electron chi connectivity index (χ0n) is 11.8. The summed E-state index contributed by atoms with van der Waals surface area (Å²) >= 11 is 0. The maximum atomic E-state index is 3.59. The second kappa shape index (κ2) is 6.02. The maximum Gasteiger partial charge on any atom is 0.0220 e. The van der Waals surface area contributed by atoms with Gasteiger partial charge >= 0.3 is 0 Å². The molecule has 1 N–H and O–H groups in total. The van der Waals surface area contributed by atoms with Crippen molar-refractivity contribution in [1.82, 2.24) is 10.2 Å². The summed E-state index contributed by atoms with van der Waals surface area (Å²) in [4.78, 5) is 2.69. The van der Waals surface area contributed by atoms with Crippen LogP contribution in [0.2, 0.25) is 0 Å². The molecule has 0 spiro atoms. The molecule has 1 atom stereocenters. The van der Waals surface area contributed by atoms with Crippen molar-refractivity contribution in [2.45, 2.75) is 66.0 Å². The van der Waals surface area contributed by atoms with Gasteiger partial charge in [-0.3, -0.25) is 4.90 Å². The molecule has 1 saturated heterocycles. The highest BCUT2D eigenvalue weighted by Gasteiger charge is 2.32. The van der Waals surface area contributed by atoms with Crippen LogP contribution in [0.5, 0.6) is 0 Å². The first-order valence-electron chi connectivity index (χ1n) is 6.92. The van der Waals surface area contributed by atoms with Crippen molar-refractivity contribution in [2.75, 3.05) is 19.6 Å². The Bertz CT molecular complexity index is 199. The lowest BCUT2D eigenvalue weighted by Gasteiger charge is -2.30. The molecule has 1 fully saturated rings. The molecule has 0 aromatic carbocycles. The van der Waals surface area contributed by atoms with Crippen LogP contribution in [0.3, 0.4) is 0 Å². The Labute approximate surface area is 102 Å². The number of hydrogen-bond donors (Lipinski definition) is 1. The van der Waals surface area contributed by atoms with Gasteiger partial charge in [-0.15, -0.1) is 0 Å². The average Bonchev–Trinajstić information content (AvgIpc) is 2.53. The third kappa shape index (κ3) is 4.42. The van der Waals surface area contributed by atoms with Crippen molar-refractivity contribution in [3.8, 4) is 0 Å². The van der Waals surface area contributed by atoms with E-state index in [2.05, 4.69) is 44.8 Å².